The Morgan fingerprint density at radius 1 is 1.10 bits per heavy atom. The van der Waals surface area contributed by atoms with Crippen molar-refractivity contribution in [3.8, 4) is 17.9 Å². The second-order valence-corrected chi connectivity index (χ2v) is 6.88. The number of halogens is 3. The standard InChI is InChI=1S/C21H16F3N3O2/c1-12-16-7-14(10-26)17(21(22,23)24)8-18(16)27-19(12)20(2,28)11-29-15-5-3-13(9-25)4-6-15/h3-8,27-28H,11H2,1-2H3. The van der Waals surface area contributed by atoms with E-state index in [9.17, 15) is 18.3 Å². The lowest BCUT2D eigenvalue weighted by Gasteiger charge is -2.23. The Labute approximate surface area is 164 Å². The minimum absolute atomic E-state index is 0.169. The van der Waals surface area contributed by atoms with Crippen molar-refractivity contribution >= 4 is 10.9 Å². The molecule has 1 unspecified atom stereocenters. The molecule has 1 aromatic heterocycles. The molecule has 0 saturated carbocycles. The van der Waals surface area contributed by atoms with Crippen molar-refractivity contribution in [1.82, 2.24) is 4.98 Å². The predicted molar refractivity (Wildman–Crippen MR) is 99.0 cm³/mol. The van der Waals surface area contributed by atoms with Gasteiger partial charge in [-0.15, -0.1) is 0 Å². The number of nitriles is 2. The van der Waals surface area contributed by atoms with Crippen LogP contribution in [0.15, 0.2) is 36.4 Å². The van der Waals surface area contributed by atoms with E-state index in [4.69, 9.17) is 15.3 Å². The number of aromatic nitrogens is 1. The number of hydrogen-bond donors (Lipinski definition) is 2. The molecule has 0 aliphatic rings. The van der Waals surface area contributed by atoms with Crippen molar-refractivity contribution in [2.24, 2.45) is 0 Å². The average molecular weight is 399 g/mol. The Hall–Kier alpha value is -3.49. The molecule has 3 aromatic rings. The normalized spacial score (nSPS) is 13.5. The number of alkyl halides is 3. The number of aryl methyl sites for hydroxylation is 1. The third-order valence-electron chi connectivity index (χ3n) is 4.66. The summed E-state index contributed by atoms with van der Waals surface area (Å²) in [6.45, 7) is 2.95. The van der Waals surface area contributed by atoms with Gasteiger partial charge in [-0.1, -0.05) is 0 Å². The van der Waals surface area contributed by atoms with Crippen LogP contribution in [-0.4, -0.2) is 16.7 Å². The fraction of sp³-hybridized carbons (Fsp3) is 0.238. The number of benzene rings is 2. The van der Waals surface area contributed by atoms with Crippen LogP contribution < -0.4 is 4.74 Å². The average Bonchev–Trinajstić information content (AvgIpc) is 3.02. The number of fused-ring (bicyclic) bond motifs is 1. The Morgan fingerprint density at radius 2 is 1.76 bits per heavy atom. The summed E-state index contributed by atoms with van der Waals surface area (Å²) >= 11 is 0. The lowest BCUT2D eigenvalue weighted by Crippen LogP contribution is -2.30. The van der Waals surface area contributed by atoms with E-state index in [0.29, 0.717) is 28.0 Å². The van der Waals surface area contributed by atoms with Gasteiger partial charge < -0.3 is 14.8 Å². The Bertz CT molecular complexity index is 1150. The molecule has 0 fully saturated rings. The van der Waals surface area contributed by atoms with Gasteiger partial charge in [0, 0.05) is 10.9 Å². The molecule has 2 aromatic carbocycles. The third-order valence-corrected chi connectivity index (χ3v) is 4.66. The summed E-state index contributed by atoms with van der Waals surface area (Å²) in [6.07, 6.45) is -4.67. The third kappa shape index (κ3) is 3.89. The van der Waals surface area contributed by atoms with E-state index in [1.54, 1.807) is 37.3 Å². The first kappa shape index (κ1) is 20.2. The highest BCUT2D eigenvalue weighted by atomic mass is 19.4. The van der Waals surface area contributed by atoms with Crippen molar-refractivity contribution in [2.45, 2.75) is 25.6 Å². The largest absolute Gasteiger partial charge is 0.490 e. The lowest BCUT2D eigenvalue weighted by molar-refractivity contribution is -0.137. The highest BCUT2D eigenvalue weighted by Crippen LogP contribution is 2.37. The van der Waals surface area contributed by atoms with E-state index >= 15 is 0 Å². The minimum Gasteiger partial charge on any atom is -0.490 e. The Kier molecular flexibility index (Phi) is 5.00. The van der Waals surface area contributed by atoms with Gasteiger partial charge in [0.25, 0.3) is 0 Å². The van der Waals surface area contributed by atoms with Crippen molar-refractivity contribution in [1.29, 1.82) is 10.5 Å². The van der Waals surface area contributed by atoms with Gasteiger partial charge >= 0.3 is 6.18 Å². The molecular weight excluding hydrogens is 383 g/mol. The summed E-state index contributed by atoms with van der Waals surface area (Å²) in [7, 11) is 0. The molecule has 0 bridgehead atoms. The summed E-state index contributed by atoms with van der Waals surface area (Å²) < 4.78 is 45.2. The molecule has 3 rings (SSSR count). The smallest absolute Gasteiger partial charge is 0.417 e. The van der Waals surface area contributed by atoms with Crippen LogP contribution in [-0.2, 0) is 11.8 Å². The van der Waals surface area contributed by atoms with Crippen LogP contribution in [0.3, 0.4) is 0 Å². The lowest BCUT2D eigenvalue weighted by atomic mass is 9.98. The molecule has 148 valence electrons. The zero-order chi connectivity index (χ0) is 21.4. The number of nitrogens with zero attached hydrogens (tertiary/aromatic N) is 2. The minimum atomic E-state index is -4.67. The van der Waals surface area contributed by atoms with Gasteiger partial charge in [0.05, 0.1) is 34.5 Å². The fourth-order valence-corrected chi connectivity index (χ4v) is 3.16. The number of nitrogens with one attached hydrogen (secondary N) is 1. The molecule has 0 aliphatic heterocycles. The van der Waals surface area contributed by atoms with Crippen molar-refractivity contribution in [3.63, 3.8) is 0 Å². The molecule has 8 heteroatoms. The monoisotopic (exact) mass is 399 g/mol. The van der Waals surface area contributed by atoms with E-state index in [1.807, 2.05) is 6.07 Å². The van der Waals surface area contributed by atoms with Crippen LogP contribution in [0.5, 0.6) is 5.75 Å². The number of hydrogen-bond acceptors (Lipinski definition) is 4. The van der Waals surface area contributed by atoms with E-state index in [-0.39, 0.29) is 12.1 Å². The highest BCUT2D eigenvalue weighted by molar-refractivity contribution is 5.87. The van der Waals surface area contributed by atoms with Crippen LogP contribution in [0.25, 0.3) is 10.9 Å². The van der Waals surface area contributed by atoms with Crippen LogP contribution in [0, 0.1) is 29.6 Å². The van der Waals surface area contributed by atoms with Gasteiger partial charge in [-0.2, -0.15) is 23.7 Å². The van der Waals surface area contributed by atoms with Crippen LogP contribution >= 0.6 is 0 Å². The number of aromatic amines is 1. The zero-order valence-corrected chi connectivity index (χ0v) is 15.6. The van der Waals surface area contributed by atoms with Crippen molar-refractivity contribution in [3.05, 3.63) is 64.3 Å². The molecule has 0 spiro atoms. The van der Waals surface area contributed by atoms with E-state index in [1.165, 1.54) is 13.0 Å². The molecular formula is C21H16F3N3O2. The van der Waals surface area contributed by atoms with Gasteiger partial charge in [0.1, 0.15) is 18.0 Å². The van der Waals surface area contributed by atoms with Crippen LogP contribution in [0.2, 0.25) is 0 Å². The van der Waals surface area contributed by atoms with Crippen LogP contribution in [0.1, 0.15) is 34.9 Å². The number of H-pyrrole nitrogens is 1. The highest BCUT2D eigenvalue weighted by Gasteiger charge is 2.35. The summed E-state index contributed by atoms with van der Waals surface area (Å²) in [5.41, 5.74) is -1.60. The SMILES string of the molecule is Cc1c(C(C)(O)COc2ccc(C#N)cc2)[nH]c2cc(C(F)(F)F)c(C#N)cc12. The van der Waals surface area contributed by atoms with Gasteiger partial charge in [0.15, 0.2) is 0 Å². The molecule has 5 nitrogen and oxygen atoms in total. The second-order valence-electron chi connectivity index (χ2n) is 6.88. The Morgan fingerprint density at radius 3 is 2.31 bits per heavy atom. The van der Waals surface area contributed by atoms with Gasteiger partial charge in [-0.25, -0.2) is 0 Å². The maximum absolute atomic E-state index is 13.2. The molecule has 0 saturated heterocycles. The molecule has 1 atom stereocenters. The summed E-state index contributed by atoms with van der Waals surface area (Å²) in [6, 6.07) is 11.9. The number of ether oxygens (including phenoxy) is 1. The maximum atomic E-state index is 13.2. The predicted octanol–water partition coefficient (Wildman–Crippen LogP) is 4.52. The van der Waals surface area contributed by atoms with E-state index < -0.39 is 22.9 Å². The molecule has 2 N–H and O–H groups in total. The first-order valence-electron chi connectivity index (χ1n) is 8.56. The second kappa shape index (κ2) is 7.16. The quantitative estimate of drug-likeness (QED) is 0.674. The molecule has 1 heterocycles. The first-order valence-corrected chi connectivity index (χ1v) is 8.56. The summed E-state index contributed by atoms with van der Waals surface area (Å²) in [4.78, 5) is 2.84. The zero-order valence-electron chi connectivity index (χ0n) is 15.6. The van der Waals surface area contributed by atoms with Crippen LogP contribution in [0.4, 0.5) is 13.2 Å². The number of rotatable bonds is 4. The first-order chi connectivity index (χ1) is 13.6. The summed E-state index contributed by atoms with van der Waals surface area (Å²) in [5, 5.41) is 29.2. The van der Waals surface area contributed by atoms with Crippen molar-refractivity contribution < 1.29 is 23.0 Å². The van der Waals surface area contributed by atoms with E-state index in [2.05, 4.69) is 4.98 Å². The van der Waals surface area contributed by atoms with E-state index in [0.717, 1.165) is 6.07 Å². The van der Waals surface area contributed by atoms with Gasteiger partial charge in [-0.3, -0.25) is 0 Å². The van der Waals surface area contributed by atoms with Crippen molar-refractivity contribution in [2.75, 3.05) is 6.61 Å². The molecule has 0 aliphatic carbocycles. The maximum Gasteiger partial charge on any atom is 0.417 e. The number of aliphatic hydroxyl groups is 1. The molecule has 0 radical (unpaired) electrons. The molecule has 0 amide bonds. The molecule has 29 heavy (non-hydrogen) atoms. The Balaban J connectivity index is 1.96. The van der Waals surface area contributed by atoms with Gasteiger partial charge in [0.2, 0.25) is 0 Å². The topological polar surface area (TPSA) is 92.8 Å². The summed E-state index contributed by atoms with van der Waals surface area (Å²) in [5.74, 6) is 0.434. The van der Waals surface area contributed by atoms with Gasteiger partial charge in [-0.05, 0) is 55.8 Å². The fourth-order valence-electron chi connectivity index (χ4n) is 3.16.